The molecule has 0 aliphatic carbocycles. The van der Waals surface area contributed by atoms with E-state index < -0.39 is 17.9 Å². The predicted molar refractivity (Wildman–Crippen MR) is 79.6 cm³/mol. The highest BCUT2D eigenvalue weighted by molar-refractivity contribution is 5.81. The van der Waals surface area contributed by atoms with Crippen molar-refractivity contribution in [2.75, 3.05) is 52.7 Å². The maximum atomic E-state index is 11.5. The minimum absolute atomic E-state index is 0.0333. The van der Waals surface area contributed by atoms with E-state index in [4.69, 9.17) is 14.2 Å². The summed E-state index contributed by atoms with van der Waals surface area (Å²) in [5.74, 6) is -1.55. The smallest absolute Gasteiger partial charge is 0.330 e. The number of hydrogen-bond donors (Lipinski definition) is 0. The van der Waals surface area contributed by atoms with E-state index >= 15 is 0 Å². The summed E-state index contributed by atoms with van der Waals surface area (Å²) in [6, 6.07) is 0. The fourth-order valence-corrected chi connectivity index (χ4v) is 1.82. The van der Waals surface area contributed by atoms with E-state index in [-0.39, 0.29) is 26.1 Å². The van der Waals surface area contributed by atoms with Gasteiger partial charge in [-0.1, -0.05) is 6.58 Å². The van der Waals surface area contributed by atoms with Crippen molar-refractivity contribution in [3.63, 3.8) is 0 Å². The van der Waals surface area contributed by atoms with Gasteiger partial charge in [-0.05, 0) is 0 Å². The van der Waals surface area contributed by atoms with Gasteiger partial charge in [-0.2, -0.15) is 0 Å². The van der Waals surface area contributed by atoms with Gasteiger partial charge in [-0.25, -0.2) is 4.79 Å². The zero-order valence-corrected chi connectivity index (χ0v) is 13.2. The Morgan fingerprint density at radius 1 is 0.957 bits per heavy atom. The number of rotatable bonds is 10. The Bertz CT molecular complexity index is 405. The van der Waals surface area contributed by atoms with Crippen molar-refractivity contribution in [2.45, 2.75) is 12.8 Å². The summed E-state index contributed by atoms with van der Waals surface area (Å²) in [6.45, 7) is 7.16. The van der Waals surface area contributed by atoms with E-state index in [1.807, 2.05) is 0 Å². The number of ether oxygens (including phenoxy) is 4. The van der Waals surface area contributed by atoms with Crippen LogP contribution in [0.3, 0.4) is 0 Å². The summed E-state index contributed by atoms with van der Waals surface area (Å²) >= 11 is 0. The van der Waals surface area contributed by atoms with Crippen LogP contribution in [0.2, 0.25) is 0 Å². The zero-order chi connectivity index (χ0) is 16.9. The lowest BCUT2D eigenvalue weighted by atomic mass is 10.3. The molecule has 0 spiro atoms. The average molecular weight is 329 g/mol. The van der Waals surface area contributed by atoms with Crippen molar-refractivity contribution in [1.29, 1.82) is 0 Å². The van der Waals surface area contributed by atoms with Crippen LogP contribution in [0.5, 0.6) is 0 Å². The second-order valence-electron chi connectivity index (χ2n) is 4.77. The molecule has 0 aromatic rings. The number of carbonyl (C=O) groups excluding carboxylic acids is 3. The zero-order valence-electron chi connectivity index (χ0n) is 13.2. The molecule has 0 bridgehead atoms. The summed E-state index contributed by atoms with van der Waals surface area (Å²) in [7, 11) is 0. The van der Waals surface area contributed by atoms with Crippen LogP contribution in [0.1, 0.15) is 12.8 Å². The van der Waals surface area contributed by atoms with Crippen LogP contribution in [-0.2, 0) is 33.3 Å². The molecular weight excluding hydrogens is 306 g/mol. The molecule has 0 radical (unpaired) electrons. The first-order chi connectivity index (χ1) is 11.1. The monoisotopic (exact) mass is 329 g/mol. The average Bonchev–Trinajstić information content (AvgIpc) is 2.57. The molecule has 0 saturated carbocycles. The molecule has 0 N–H and O–H groups in total. The van der Waals surface area contributed by atoms with Crippen molar-refractivity contribution < 1.29 is 33.3 Å². The molecule has 23 heavy (non-hydrogen) atoms. The van der Waals surface area contributed by atoms with Crippen molar-refractivity contribution in [3.05, 3.63) is 12.7 Å². The fraction of sp³-hybridized carbons (Fsp3) is 0.667. The third kappa shape index (κ3) is 9.64. The van der Waals surface area contributed by atoms with E-state index in [2.05, 4.69) is 16.2 Å². The molecule has 0 atom stereocenters. The molecule has 8 heteroatoms. The topological polar surface area (TPSA) is 91.4 Å². The molecule has 1 fully saturated rings. The Hall–Kier alpha value is -1.93. The van der Waals surface area contributed by atoms with E-state index in [9.17, 15) is 14.4 Å². The highest BCUT2D eigenvalue weighted by Crippen LogP contribution is 1.99. The van der Waals surface area contributed by atoms with Crippen molar-refractivity contribution in [3.8, 4) is 0 Å². The number of esters is 3. The minimum Gasteiger partial charge on any atom is -0.464 e. The van der Waals surface area contributed by atoms with E-state index in [1.165, 1.54) is 0 Å². The Morgan fingerprint density at radius 2 is 1.52 bits per heavy atom. The molecular formula is C15H23NO7. The van der Waals surface area contributed by atoms with Crippen LogP contribution >= 0.6 is 0 Å². The molecule has 8 nitrogen and oxygen atoms in total. The van der Waals surface area contributed by atoms with Gasteiger partial charge < -0.3 is 18.9 Å². The number of hydrogen-bond acceptors (Lipinski definition) is 8. The van der Waals surface area contributed by atoms with Crippen LogP contribution in [-0.4, -0.2) is 75.5 Å². The lowest BCUT2D eigenvalue weighted by Gasteiger charge is -2.26. The maximum absolute atomic E-state index is 11.5. The summed E-state index contributed by atoms with van der Waals surface area (Å²) in [5, 5.41) is 0. The van der Waals surface area contributed by atoms with Gasteiger partial charge in [0.1, 0.15) is 19.8 Å². The molecule has 1 saturated heterocycles. The maximum Gasteiger partial charge on any atom is 0.330 e. The molecule has 130 valence electrons. The first-order valence-corrected chi connectivity index (χ1v) is 7.52. The highest BCUT2D eigenvalue weighted by atomic mass is 16.6. The number of morpholine rings is 1. The highest BCUT2D eigenvalue weighted by Gasteiger charge is 2.12. The van der Waals surface area contributed by atoms with Gasteiger partial charge in [0, 0.05) is 25.7 Å². The normalized spacial score (nSPS) is 14.8. The van der Waals surface area contributed by atoms with Gasteiger partial charge in [0.25, 0.3) is 0 Å². The van der Waals surface area contributed by atoms with Crippen molar-refractivity contribution in [2.24, 2.45) is 0 Å². The van der Waals surface area contributed by atoms with Crippen LogP contribution in [0.4, 0.5) is 0 Å². The van der Waals surface area contributed by atoms with E-state index in [1.54, 1.807) is 0 Å². The lowest BCUT2D eigenvalue weighted by molar-refractivity contribution is -0.153. The Labute approximate surface area is 135 Å². The first-order valence-electron chi connectivity index (χ1n) is 7.52. The predicted octanol–water partition coefficient (Wildman–Crippen LogP) is -0.0856. The van der Waals surface area contributed by atoms with Crippen LogP contribution in [0, 0.1) is 0 Å². The fourth-order valence-electron chi connectivity index (χ4n) is 1.82. The molecule has 1 aliphatic rings. The molecule has 0 unspecified atom stereocenters. The summed E-state index contributed by atoms with van der Waals surface area (Å²) in [6.07, 6.45) is 0.926. The second kappa shape index (κ2) is 11.6. The molecule has 1 heterocycles. The SMILES string of the molecule is C=CC(=O)OCCOC(=O)CCC(=O)OCCN1CCOCC1. The van der Waals surface area contributed by atoms with Crippen molar-refractivity contribution in [1.82, 2.24) is 4.90 Å². The third-order valence-electron chi connectivity index (χ3n) is 3.06. The van der Waals surface area contributed by atoms with E-state index in [0.717, 1.165) is 19.2 Å². The molecule has 0 aromatic carbocycles. The number of carbonyl (C=O) groups is 3. The Kier molecular flexibility index (Phi) is 9.65. The van der Waals surface area contributed by atoms with Gasteiger partial charge in [0.05, 0.1) is 26.1 Å². The molecule has 0 aromatic heterocycles. The largest absolute Gasteiger partial charge is 0.464 e. The second-order valence-corrected chi connectivity index (χ2v) is 4.77. The summed E-state index contributed by atoms with van der Waals surface area (Å²) in [5.41, 5.74) is 0. The van der Waals surface area contributed by atoms with Gasteiger partial charge in [-0.3, -0.25) is 14.5 Å². The Balaban J connectivity index is 1.98. The molecule has 1 aliphatic heterocycles. The summed E-state index contributed by atoms with van der Waals surface area (Å²) in [4.78, 5) is 35.7. The van der Waals surface area contributed by atoms with Crippen LogP contribution < -0.4 is 0 Å². The third-order valence-corrected chi connectivity index (χ3v) is 3.06. The standard InChI is InChI=1S/C15H23NO7/c1-2-13(17)22-11-12-23-15(19)4-3-14(18)21-10-7-16-5-8-20-9-6-16/h2H,1,3-12H2. The number of nitrogens with zero attached hydrogens (tertiary/aromatic N) is 1. The van der Waals surface area contributed by atoms with Crippen LogP contribution in [0.25, 0.3) is 0 Å². The van der Waals surface area contributed by atoms with Crippen LogP contribution in [0.15, 0.2) is 12.7 Å². The van der Waals surface area contributed by atoms with Crippen molar-refractivity contribution >= 4 is 17.9 Å². The minimum atomic E-state index is -0.579. The molecule has 1 rings (SSSR count). The van der Waals surface area contributed by atoms with Gasteiger partial charge in [0.15, 0.2) is 0 Å². The first kappa shape index (κ1) is 19.1. The Morgan fingerprint density at radius 3 is 2.13 bits per heavy atom. The van der Waals surface area contributed by atoms with Gasteiger partial charge in [-0.15, -0.1) is 0 Å². The molecule has 0 amide bonds. The van der Waals surface area contributed by atoms with Gasteiger partial charge in [0.2, 0.25) is 0 Å². The lowest BCUT2D eigenvalue weighted by Crippen LogP contribution is -2.38. The quantitative estimate of drug-likeness (QED) is 0.238. The van der Waals surface area contributed by atoms with Gasteiger partial charge >= 0.3 is 17.9 Å². The summed E-state index contributed by atoms with van der Waals surface area (Å²) < 4.78 is 19.7. The van der Waals surface area contributed by atoms with E-state index in [0.29, 0.717) is 26.4 Å².